The van der Waals surface area contributed by atoms with Gasteiger partial charge in [-0.05, 0) is 17.7 Å². The van der Waals surface area contributed by atoms with E-state index in [0.717, 1.165) is 11.3 Å². The molecule has 0 bridgehead atoms. The highest BCUT2D eigenvalue weighted by atomic mass is 79.9. The van der Waals surface area contributed by atoms with Crippen LogP contribution in [0.4, 0.5) is 0 Å². The first-order chi connectivity index (χ1) is 6.48. The van der Waals surface area contributed by atoms with Crippen molar-refractivity contribution in [1.29, 1.82) is 0 Å². The number of methoxy groups -OCH3 is 1. The zero-order chi connectivity index (χ0) is 10.8. The van der Waals surface area contributed by atoms with Crippen LogP contribution in [-0.2, 0) is 3.41 Å². The van der Waals surface area contributed by atoms with Gasteiger partial charge in [-0.15, -0.1) is 11.6 Å². The van der Waals surface area contributed by atoms with Crippen LogP contribution in [0.1, 0.15) is 5.56 Å². The summed E-state index contributed by atoms with van der Waals surface area (Å²) in [6.07, 6.45) is 0. The van der Waals surface area contributed by atoms with Crippen molar-refractivity contribution in [2.75, 3.05) is 7.11 Å². The first-order valence-electron chi connectivity index (χ1n) is 4.51. The number of rotatable bonds is 3. The molecule has 0 N–H and O–H groups in total. The summed E-state index contributed by atoms with van der Waals surface area (Å²) in [5.74, 6) is 0.860. The quantitative estimate of drug-likeness (QED) is 0.612. The second kappa shape index (κ2) is 4.68. The van der Waals surface area contributed by atoms with Crippen molar-refractivity contribution in [2.45, 2.75) is 16.5 Å². The van der Waals surface area contributed by atoms with Crippen LogP contribution in [0.25, 0.3) is 0 Å². The summed E-state index contributed by atoms with van der Waals surface area (Å²) < 4.78 is 4.75. The fraction of sp³-hybridized carbons (Fsp3) is 0.400. The minimum Gasteiger partial charge on any atom is -0.497 e. The molecule has 1 rings (SSSR count). The van der Waals surface area contributed by atoms with Gasteiger partial charge in [-0.25, -0.2) is 0 Å². The van der Waals surface area contributed by atoms with E-state index in [1.807, 2.05) is 24.3 Å². The van der Waals surface area contributed by atoms with Gasteiger partial charge >= 0.3 is 0 Å². The Labute approximate surface area is 100 Å². The monoisotopic (exact) mass is 292 g/mol. The highest BCUT2D eigenvalue weighted by molar-refractivity contribution is 9.10. The molecule has 1 unspecified atom stereocenters. The van der Waals surface area contributed by atoms with Crippen molar-refractivity contribution in [1.82, 2.24) is 0 Å². The van der Waals surface area contributed by atoms with Crippen molar-refractivity contribution < 1.29 is 4.74 Å². The van der Waals surface area contributed by atoms with Crippen LogP contribution in [-0.4, -0.2) is 15.9 Å². The summed E-state index contributed by atoms with van der Waals surface area (Å²) in [6.45, 7) is 4.43. The fourth-order valence-corrected chi connectivity index (χ4v) is 2.40. The van der Waals surface area contributed by atoms with Gasteiger partial charge in [0.25, 0.3) is 0 Å². The molecule has 78 valence electrons. The van der Waals surface area contributed by atoms with Crippen LogP contribution in [0, 0.1) is 0 Å². The maximum Gasteiger partial charge on any atom is 0.118 e. The molecule has 0 amide bonds. The Kier molecular flexibility index (Phi) is 4.04. The molecule has 0 radical (unpaired) electrons. The van der Waals surface area contributed by atoms with Gasteiger partial charge in [0, 0.05) is 0 Å². The minimum absolute atomic E-state index is 0.348. The lowest BCUT2D eigenvalue weighted by molar-refractivity contribution is 0.414. The third kappa shape index (κ3) is 2.52. The van der Waals surface area contributed by atoms with Gasteiger partial charge in [-0.3, -0.25) is 0 Å². The smallest absolute Gasteiger partial charge is 0.118 e. The normalized spacial score (nSPS) is 15.3. The van der Waals surface area contributed by atoms with Gasteiger partial charge in [0.1, 0.15) is 9.16 Å². The highest BCUT2D eigenvalue weighted by Crippen LogP contribution is 2.38. The van der Waals surface area contributed by atoms with Crippen LogP contribution in [0.15, 0.2) is 24.3 Å². The van der Waals surface area contributed by atoms with Crippen LogP contribution in [0.2, 0.25) is 13.1 Å². The Morgan fingerprint density at radius 3 is 2.14 bits per heavy atom. The molecule has 0 aliphatic carbocycles. The number of ether oxygens (including phenoxy) is 1. The summed E-state index contributed by atoms with van der Waals surface area (Å²) in [5, 5.41) is 0. The highest BCUT2D eigenvalue weighted by Gasteiger charge is 2.30. The second-order valence-electron chi connectivity index (χ2n) is 3.51. The van der Waals surface area contributed by atoms with E-state index in [9.17, 15) is 0 Å². The molecule has 0 fully saturated rings. The molecule has 0 saturated heterocycles. The molecule has 0 aromatic heterocycles. The molecule has 0 aliphatic rings. The van der Waals surface area contributed by atoms with E-state index in [1.165, 1.54) is 0 Å². The third-order valence-corrected chi connectivity index (χ3v) is 8.72. The van der Waals surface area contributed by atoms with Crippen LogP contribution in [0.3, 0.4) is 0 Å². The number of alkyl halides is 2. The van der Waals surface area contributed by atoms with Crippen LogP contribution >= 0.6 is 27.5 Å². The second-order valence-corrected chi connectivity index (χ2v) is 10.2. The lowest BCUT2D eigenvalue weighted by Gasteiger charge is -2.24. The average molecular weight is 294 g/mol. The number of hydrogen-bond donors (Lipinski definition) is 0. The molecule has 0 aliphatic heterocycles. The molecule has 4 heteroatoms. The van der Waals surface area contributed by atoms with Gasteiger partial charge in [-0.1, -0.05) is 41.2 Å². The van der Waals surface area contributed by atoms with E-state index < -0.39 is 8.80 Å². The summed E-state index contributed by atoms with van der Waals surface area (Å²) in [4.78, 5) is 0. The molecule has 1 nitrogen and oxygen atoms in total. The average Bonchev–Trinajstić information content (AvgIpc) is 2.17. The van der Waals surface area contributed by atoms with Crippen LogP contribution in [0.5, 0.6) is 5.75 Å². The van der Waals surface area contributed by atoms with Crippen molar-refractivity contribution in [3.8, 4) is 5.75 Å². The Hall–Kier alpha value is 0.00688. The molecular formula is C10H14BrClOSi. The molecule has 0 saturated carbocycles. The summed E-state index contributed by atoms with van der Waals surface area (Å²) in [5.41, 5.74) is 1.11. The van der Waals surface area contributed by atoms with Gasteiger partial charge in [-0.2, -0.15) is 0 Å². The van der Waals surface area contributed by atoms with E-state index in [2.05, 4.69) is 29.0 Å². The van der Waals surface area contributed by atoms with E-state index in [4.69, 9.17) is 16.3 Å². The van der Waals surface area contributed by atoms with Crippen molar-refractivity contribution in [3.05, 3.63) is 29.8 Å². The third-order valence-electron chi connectivity index (χ3n) is 2.20. The summed E-state index contributed by atoms with van der Waals surface area (Å²) >= 11 is 10.0. The van der Waals surface area contributed by atoms with Crippen molar-refractivity contribution in [2.24, 2.45) is 0 Å². The van der Waals surface area contributed by atoms with E-state index in [0.29, 0.717) is 0 Å². The topological polar surface area (TPSA) is 9.23 Å². The Balaban J connectivity index is 2.97. The zero-order valence-corrected chi connectivity index (χ0v) is 12.0. The number of halogens is 2. The Morgan fingerprint density at radius 1 is 1.29 bits per heavy atom. The van der Waals surface area contributed by atoms with Gasteiger partial charge < -0.3 is 4.74 Å². The van der Waals surface area contributed by atoms with Crippen molar-refractivity contribution >= 4 is 36.3 Å². The molecule has 14 heavy (non-hydrogen) atoms. The number of hydrogen-bond acceptors (Lipinski definition) is 1. The first-order valence-corrected chi connectivity index (χ1v) is 8.56. The first kappa shape index (κ1) is 12.1. The molecule has 1 aromatic rings. The predicted molar refractivity (Wildman–Crippen MR) is 68.3 cm³/mol. The Morgan fingerprint density at radius 2 is 1.79 bits per heavy atom. The molecular weight excluding hydrogens is 280 g/mol. The van der Waals surface area contributed by atoms with Gasteiger partial charge in [0.15, 0.2) is 0 Å². The lowest BCUT2D eigenvalue weighted by atomic mass is 10.2. The van der Waals surface area contributed by atoms with Crippen LogP contribution < -0.4 is 4.74 Å². The van der Waals surface area contributed by atoms with E-state index >= 15 is 0 Å². The summed E-state index contributed by atoms with van der Waals surface area (Å²) in [6, 6.07) is 7.89. The number of benzene rings is 1. The molecule has 0 heterocycles. The molecule has 1 atom stereocenters. The standard InChI is InChI=1S/C10H14BrClOSi/c1-13-9-6-4-8(5-7-9)10(11,12)14(2)3/h4-7,14H,1-3H3. The fourth-order valence-electron chi connectivity index (χ4n) is 1.15. The predicted octanol–water partition coefficient (Wildman–Crippen LogP) is 3.51. The van der Waals surface area contributed by atoms with Gasteiger partial charge in [0.2, 0.25) is 0 Å². The van der Waals surface area contributed by atoms with Crippen molar-refractivity contribution in [3.63, 3.8) is 0 Å². The van der Waals surface area contributed by atoms with Gasteiger partial charge in [0.05, 0.1) is 15.9 Å². The largest absolute Gasteiger partial charge is 0.497 e. The maximum atomic E-state index is 6.43. The lowest BCUT2D eigenvalue weighted by Crippen LogP contribution is -2.26. The molecule has 1 aromatic carbocycles. The van der Waals surface area contributed by atoms with E-state index in [1.54, 1.807) is 7.11 Å². The maximum absolute atomic E-state index is 6.43. The Bertz CT molecular complexity index is 297. The van der Waals surface area contributed by atoms with E-state index in [-0.39, 0.29) is 3.41 Å². The zero-order valence-electron chi connectivity index (χ0n) is 8.55. The minimum atomic E-state index is -0.990. The molecule has 0 spiro atoms. The SMILES string of the molecule is COc1ccc(C(Cl)(Br)[SiH](C)C)cc1. The summed E-state index contributed by atoms with van der Waals surface area (Å²) in [7, 11) is 0.671.